The van der Waals surface area contributed by atoms with Gasteiger partial charge < -0.3 is 10.2 Å². The van der Waals surface area contributed by atoms with Gasteiger partial charge in [-0.2, -0.15) is 0 Å². The van der Waals surface area contributed by atoms with E-state index in [2.05, 4.69) is 47.5 Å². The molecule has 1 amide bonds. The number of nitrogens with one attached hydrogen (secondary N) is 1. The number of fused-ring (bicyclic) bond motifs is 3. The molecule has 0 unspecified atom stereocenters. The molecule has 1 saturated heterocycles. The molecule has 0 spiro atoms. The number of aromatic nitrogens is 2. The first-order chi connectivity index (χ1) is 12.7. The number of hydrogen-bond donors (Lipinski definition) is 1. The maximum absolute atomic E-state index is 13.5. The maximum Gasteiger partial charge on any atom is 0.264 e. The van der Waals surface area contributed by atoms with Crippen LogP contribution in [0.4, 0.5) is 5.82 Å². The van der Waals surface area contributed by atoms with Crippen molar-refractivity contribution >= 4 is 33.3 Å². The Morgan fingerprint density at radius 3 is 2.93 bits per heavy atom. The Hall–Kier alpha value is -1.95. The molecule has 1 aliphatic heterocycles. The first-order valence-electron chi connectivity index (χ1n) is 9.63. The van der Waals surface area contributed by atoms with Gasteiger partial charge in [0.25, 0.3) is 5.91 Å². The highest BCUT2D eigenvalue weighted by molar-refractivity contribution is 7.20. The molecule has 2 aliphatic rings. The Balaban J connectivity index is 1.70. The fraction of sp³-hybridized carbons (Fsp3) is 0.571. The molecule has 1 aliphatic carbocycles. The third-order valence-corrected chi connectivity index (χ3v) is 7.20. The number of hydrogen-bond acceptors (Lipinski definition) is 5. The Labute approximate surface area is 164 Å². The van der Waals surface area contributed by atoms with Crippen molar-refractivity contribution in [3.8, 4) is 0 Å². The summed E-state index contributed by atoms with van der Waals surface area (Å²) in [6.45, 7) is 14.3. The number of aryl methyl sites for hydroxylation is 1. The molecule has 6 heteroatoms. The van der Waals surface area contributed by atoms with Crippen molar-refractivity contribution < 1.29 is 4.79 Å². The van der Waals surface area contributed by atoms with Gasteiger partial charge in [0.2, 0.25) is 0 Å². The standard InChI is InChI=1S/C21H28N4OS/c1-6-7-22-17-15-13(2)16(27-18(15)24-12-23-17)19(26)25-11-21(5)9-14(25)8-20(3,4)10-21/h6,12,14H,1,7-11H2,2-5H3,(H,22,23,24)/t14-,21+/m1/s1. The van der Waals surface area contributed by atoms with Gasteiger partial charge in [0.15, 0.2) is 0 Å². The largest absolute Gasteiger partial charge is 0.366 e. The molecule has 2 bridgehead atoms. The van der Waals surface area contributed by atoms with E-state index in [-0.39, 0.29) is 11.3 Å². The molecule has 2 aromatic rings. The second kappa shape index (κ2) is 6.30. The van der Waals surface area contributed by atoms with Crippen LogP contribution in [0.15, 0.2) is 19.0 Å². The van der Waals surface area contributed by atoms with Crippen LogP contribution in [0, 0.1) is 17.8 Å². The van der Waals surface area contributed by atoms with Crippen LogP contribution in [0.3, 0.4) is 0 Å². The molecular formula is C21H28N4OS. The predicted octanol–water partition coefficient (Wildman–Crippen LogP) is 4.64. The van der Waals surface area contributed by atoms with Gasteiger partial charge in [-0.1, -0.05) is 26.8 Å². The maximum atomic E-state index is 13.5. The summed E-state index contributed by atoms with van der Waals surface area (Å²) in [6.07, 6.45) is 6.76. The summed E-state index contributed by atoms with van der Waals surface area (Å²) in [4.78, 5) is 26.1. The Bertz CT molecular complexity index is 918. The van der Waals surface area contributed by atoms with Gasteiger partial charge in [-0.3, -0.25) is 4.79 Å². The zero-order valence-corrected chi connectivity index (χ0v) is 17.4. The van der Waals surface area contributed by atoms with Crippen molar-refractivity contribution in [1.29, 1.82) is 0 Å². The fourth-order valence-corrected chi connectivity index (χ4v) is 6.51. The van der Waals surface area contributed by atoms with E-state index in [1.807, 2.05) is 6.92 Å². The second-order valence-corrected chi connectivity index (χ2v) is 10.3. The van der Waals surface area contributed by atoms with Crippen molar-refractivity contribution in [1.82, 2.24) is 14.9 Å². The third kappa shape index (κ3) is 3.14. The van der Waals surface area contributed by atoms with Gasteiger partial charge in [-0.05, 0) is 42.6 Å². The Morgan fingerprint density at radius 1 is 1.41 bits per heavy atom. The van der Waals surface area contributed by atoms with Gasteiger partial charge in [-0.25, -0.2) is 9.97 Å². The van der Waals surface area contributed by atoms with Crippen LogP contribution in [0.1, 0.15) is 55.3 Å². The van der Waals surface area contributed by atoms with E-state index in [9.17, 15) is 4.79 Å². The first-order valence-corrected chi connectivity index (χ1v) is 10.4. The van der Waals surface area contributed by atoms with E-state index >= 15 is 0 Å². The van der Waals surface area contributed by atoms with Gasteiger partial charge in [-0.15, -0.1) is 17.9 Å². The molecule has 0 radical (unpaired) electrons. The number of carbonyl (C=O) groups excluding carboxylic acids is 1. The number of carbonyl (C=O) groups is 1. The Kier molecular flexibility index (Phi) is 4.29. The van der Waals surface area contributed by atoms with Crippen molar-refractivity contribution in [2.45, 2.75) is 53.0 Å². The van der Waals surface area contributed by atoms with Crippen LogP contribution in [-0.4, -0.2) is 39.9 Å². The van der Waals surface area contributed by atoms with E-state index in [1.54, 1.807) is 12.4 Å². The smallest absolute Gasteiger partial charge is 0.264 e. The van der Waals surface area contributed by atoms with Crippen molar-refractivity contribution in [2.75, 3.05) is 18.4 Å². The average molecular weight is 385 g/mol. The first kappa shape index (κ1) is 18.4. The molecule has 144 valence electrons. The van der Waals surface area contributed by atoms with Crippen LogP contribution in [0.5, 0.6) is 0 Å². The molecular weight excluding hydrogens is 356 g/mol. The van der Waals surface area contributed by atoms with Gasteiger partial charge in [0, 0.05) is 19.1 Å². The van der Waals surface area contributed by atoms with Crippen LogP contribution in [-0.2, 0) is 0 Å². The van der Waals surface area contributed by atoms with Crippen molar-refractivity contribution in [3.05, 3.63) is 29.4 Å². The minimum absolute atomic E-state index is 0.164. The molecule has 2 atom stereocenters. The lowest BCUT2D eigenvalue weighted by Gasteiger charge is -2.39. The minimum atomic E-state index is 0.164. The van der Waals surface area contributed by atoms with Crippen LogP contribution < -0.4 is 5.32 Å². The summed E-state index contributed by atoms with van der Waals surface area (Å²) in [5, 5.41) is 4.23. The van der Waals surface area contributed by atoms with Crippen molar-refractivity contribution in [2.24, 2.45) is 10.8 Å². The van der Waals surface area contributed by atoms with E-state index in [1.165, 1.54) is 17.8 Å². The lowest BCUT2D eigenvalue weighted by Crippen LogP contribution is -2.37. The van der Waals surface area contributed by atoms with Gasteiger partial charge >= 0.3 is 0 Å². The molecule has 4 rings (SSSR count). The number of nitrogens with zero attached hydrogens (tertiary/aromatic N) is 3. The van der Waals surface area contributed by atoms with Crippen LogP contribution >= 0.6 is 11.3 Å². The van der Waals surface area contributed by atoms with Crippen molar-refractivity contribution in [3.63, 3.8) is 0 Å². The predicted molar refractivity (Wildman–Crippen MR) is 111 cm³/mol. The van der Waals surface area contributed by atoms with Crippen LogP contribution in [0.25, 0.3) is 10.2 Å². The monoisotopic (exact) mass is 384 g/mol. The number of anilines is 1. The number of rotatable bonds is 4. The van der Waals surface area contributed by atoms with Gasteiger partial charge in [0.05, 0.1) is 10.3 Å². The Morgan fingerprint density at radius 2 is 2.19 bits per heavy atom. The van der Waals surface area contributed by atoms with E-state index in [0.29, 0.717) is 18.0 Å². The molecule has 1 N–H and O–H groups in total. The number of thiophene rings is 1. The molecule has 27 heavy (non-hydrogen) atoms. The normalized spacial score (nSPS) is 26.4. The lowest BCUT2D eigenvalue weighted by atomic mass is 9.65. The highest BCUT2D eigenvalue weighted by Crippen LogP contribution is 2.53. The third-order valence-electron chi connectivity index (χ3n) is 6.01. The van der Waals surface area contributed by atoms with E-state index < -0.39 is 0 Å². The second-order valence-electron chi connectivity index (χ2n) is 9.27. The zero-order chi connectivity index (χ0) is 19.4. The fourth-order valence-electron chi connectivity index (χ4n) is 5.41. The summed E-state index contributed by atoms with van der Waals surface area (Å²) in [6, 6.07) is 0.348. The van der Waals surface area contributed by atoms with Crippen LogP contribution in [0.2, 0.25) is 0 Å². The quantitative estimate of drug-likeness (QED) is 0.780. The lowest BCUT2D eigenvalue weighted by molar-refractivity contribution is 0.0712. The number of amides is 1. The summed E-state index contributed by atoms with van der Waals surface area (Å²) in [7, 11) is 0. The van der Waals surface area contributed by atoms with E-state index in [0.717, 1.165) is 45.9 Å². The number of likely N-dealkylation sites (tertiary alicyclic amines) is 1. The summed E-state index contributed by atoms with van der Waals surface area (Å²) in [5.41, 5.74) is 1.52. The van der Waals surface area contributed by atoms with Gasteiger partial charge in [0.1, 0.15) is 17.0 Å². The highest BCUT2D eigenvalue weighted by atomic mass is 32.1. The average Bonchev–Trinajstić information content (AvgIpc) is 3.05. The summed E-state index contributed by atoms with van der Waals surface area (Å²) in [5.74, 6) is 0.942. The minimum Gasteiger partial charge on any atom is -0.366 e. The molecule has 2 fully saturated rings. The summed E-state index contributed by atoms with van der Waals surface area (Å²) < 4.78 is 0. The highest BCUT2D eigenvalue weighted by Gasteiger charge is 2.51. The SMILES string of the molecule is C=CCNc1ncnc2sc(C(=O)N3C[C@@]4(C)C[C@H]3CC(C)(C)C4)c(C)c12. The molecule has 3 heterocycles. The molecule has 0 aromatic carbocycles. The molecule has 2 aromatic heterocycles. The molecule has 5 nitrogen and oxygen atoms in total. The molecule has 1 saturated carbocycles. The summed E-state index contributed by atoms with van der Waals surface area (Å²) >= 11 is 1.49. The topological polar surface area (TPSA) is 58.1 Å². The van der Waals surface area contributed by atoms with E-state index in [4.69, 9.17) is 0 Å². The zero-order valence-electron chi connectivity index (χ0n) is 16.6.